The highest BCUT2D eigenvalue weighted by atomic mass is 16.5. The van der Waals surface area contributed by atoms with Crippen LogP contribution in [0.1, 0.15) is 71.5 Å². The van der Waals surface area contributed by atoms with Gasteiger partial charge in [0, 0.05) is 12.0 Å². The zero-order valence-corrected chi connectivity index (χ0v) is 29.4. The molecule has 2 N–H and O–H groups in total. The molecule has 9 heteroatoms. The first-order valence-corrected chi connectivity index (χ1v) is 17.4. The van der Waals surface area contributed by atoms with Crippen molar-refractivity contribution in [2.75, 3.05) is 0 Å². The van der Waals surface area contributed by atoms with Crippen LogP contribution in [0.2, 0.25) is 0 Å². The van der Waals surface area contributed by atoms with Crippen molar-refractivity contribution in [2.24, 2.45) is 0 Å². The number of benzene rings is 5. The van der Waals surface area contributed by atoms with E-state index < -0.39 is 17.1 Å². The van der Waals surface area contributed by atoms with Gasteiger partial charge < -0.3 is 14.8 Å². The van der Waals surface area contributed by atoms with Crippen LogP contribution in [0.3, 0.4) is 0 Å². The first-order chi connectivity index (χ1) is 25.3. The number of aromatic nitrogens is 6. The monoisotopic (exact) mass is 688 g/mol. The van der Waals surface area contributed by atoms with E-state index in [0.717, 1.165) is 45.4 Å². The standard InChI is InChI=1S/C43H40N6O3/c1-4-16-37-44-38(39(45-37)42(2,3)51)41(50)52-29-30-25-27-31(28-26-30)35-23-14-15-24-36(35)40-46-47-48-49(40)43(32-17-8-5-9-18-32,33-19-10-6-11-20-33)34-21-12-7-13-22-34/h5-15,17-28,51H,4,16,29H2,1-3H3,(H,44,45). The quantitative estimate of drug-likeness (QED) is 0.0984. The van der Waals surface area contributed by atoms with Gasteiger partial charge in [0.2, 0.25) is 0 Å². The normalized spacial score (nSPS) is 11.8. The number of carbonyl (C=O) groups excluding carboxylic acids is 1. The molecule has 7 aromatic rings. The van der Waals surface area contributed by atoms with Crippen molar-refractivity contribution in [3.63, 3.8) is 0 Å². The third kappa shape index (κ3) is 6.54. The molecule has 0 saturated heterocycles. The lowest BCUT2D eigenvalue weighted by Crippen LogP contribution is -2.39. The molecule has 0 bridgehead atoms. The topological polar surface area (TPSA) is 119 Å². The third-order valence-corrected chi connectivity index (χ3v) is 9.21. The van der Waals surface area contributed by atoms with Crippen LogP contribution >= 0.6 is 0 Å². The Hall–Kier alpha value is -6.19. The molecule has 0 aliphatic rings. The maximum absolute atomic E-state index is 13.2. The Morgan fingerprint density at radius 1 is 0.750 bits per heavy atom. The summed E-state index contributed by atoms with van der Waals surface area (Å²) in [6.07, 6.45) is 1.52. The van der Waals surface area contributed by atoms with Gasteiger partial charge in [-0.05, 0) is 64.1 Å². The summed E-state index contributed by atoms with van der Waals surface area (Å²) in [6.45, 7) is 5.32. The lowest BCUT2D eigenvalue weighted by atomic mass is 9.77. The van der Waals surface area contributed by atoms with Gasteiger partial charge in [-0.15, -0.1) is 5.10 Å². The number of carbonyl (C=O) groups is 1. The van der Waals surface area contributed by atoms with Crippen molar-refractivity contribution in [3.8, 4) is 22.5 Å². The number of aliphatic hydroxyl groups is 1. The van der Waals surface area contributed by atoms with Gasteiger partial charge in [0.25, 0.3) is 0 Å². The minimum Gasteiger partial charge on any atom is -0.456 e. The summed E-state index contributed by atoms with van der Waals surface area (Å²) in [5.74, 6) is 0.666. The number of nitrogens with zero attached hydrogens (tertiary/aromatic N) is 5. The minimum atomic E-state index is -1.27. The van der Waals surface area contributed by atoms with E-state index in [1.807, 2.05) is 109 Å². The highest BCUT2D eigenvalue weighted by Crippen LogP contribution is 2.43. The number of tetrazole rings is 1. The molecule has 0 unspecified atom stereocenters. The van der Waals surface area contributed by atoms with E-state index in [-0.39, 0.29) is 12.3 Å². The summed E-state index contributed by atoms with van der Waals surface area (Å²) in [4.78, 5) is 20.7. The third-order valence-electron chi connectivity index (χ3n) is 9.21. The Bertz CT molecular complexity index is 2160. The molecular weight excluding hydrogens is 649 g/mol. The molecule has 7 rings (SSSR count). The van der Waals surface area contributed by atoms with E-state index >= 15 is 0 Å². The number of nitrogens with one attached hydrogen (secondary N) is 1. The first kappa shape index (κ1) is 34.3. The number of aromatic amines is 1. The van der Waals surface area contributed by atoms with E-state index in [9.17, 15) is 9.90 Å². The summed E-state index contributed by atoms with van der Waals surface area (Å²) in [7, 11) is 0. The predicted octanol–water partition coefficient (Wildman–Crippen LogP) is 8.11. The van der Waals surface area contributed by atoms with E-state index in [2.05, 4.69) is 62.7 Å². The van der Waals surface area contributed by atoms with E-state index in [1.165, 1.54) is 0 Å². The maximum atomic E-state index is 13.2. The number of imidazole rings is 1. The summed E-state index contributed by atoms with van der Waals surface area (Å²) < 4.78 is 7.62. The molecule has 52 heavy (non-hydrogen) atoms. The zero-order chi connectivity index (χ0) is 36.1. The fraction of sp³-hybridized carbons (Fsp3) is 0.186. The van der Waals surface area contributed by atoms with Crippen LogP contribution in [0, 0.1) is 0 Å². The maximum Gasteiger partial charge on any atom is 0.359 e. The van der Waals surface area contributed by atoms with Gasteiger partial charge in [-0.25, -0.2) is 14.5 Å². The molecule has 2 aromatic heterocycles. The Kier molecular flexibility index (Phi) is 9.61. The average Bonchev–Trinajstić information content (AvgIpc) is 3.85. The molecule has 0 spiro atoms. The molecule has 5 aromatic carbocycles. The van der Waals surface area contributed by atoms with Crippen molar-refractivity contribution >= 4 is 5.97 Å². The molecule has 0 radical (unpaired) electrons. The van der Waals surface area contributed by atoms with Crippen molar-refractivity contribution in [3.05, 3.63) is 179 Å². The van der Waals surface area contributed by atoms with Crippen molar-refractivity contribution in [1.29, 1.82) is 0 Å². The lowest BCUT2D eigenvalue weighted by Gasteiger charge is -2.36. The molecular formula is C43H40N6O3. The summed E-state index contributed by atoms with van der Waals surface area (Å²) in [5.41, 5.74) is 4.92. The van der Waals surface area contributed by atoms with Crippen LogP contribution < -0.4 is 0 Å². The fourth-order valence-electron chi connectivity index (χ4n) is 6.78. The summed E-state index contributed by atoms with van der Waals surface area (Å²) >= 11 is 0. The number of rotatable bonds is 12. The zero-order valence-electron chi connectivity index (χ0n) is 29.4. The number of H-pyrrole nitrogens is 1. The number of aryl methyl sites for hydroxylation is 1. The highest BCUT2D eigenvalue weighted by molar-refractivity contribution is 5.89. The minimum absolute atomic E-state index is 0.0496. The van der Waals surface area contributed by atoms with E-state index in [0.29, 0.717) is 23.8 Å². The fourth-order valence-corrected chi connectivity index (χ4v) is 6.78. The second-order valence-corrected chi connectivity index (χ2v) is 13.3. The van der Waals surface area contributed by atoms with E-state index in [4.69, 9.17) is 9.95 Å². The van der Waals surface area contributed by atoms with Crippen LogP contribution in [-0.4, -0.2) is 41.3 Å². The van der Waals surface area contributed by atoms with Crippen LogP contribution in [0.15, 0.2) is 140 Å². The number of esters is 1. The van der Waals surface area contributed by atoms with Crippen molar-refractivity contribution < 1.29 is 14.6 Å². The van der Waals surface area contributed by atoms with Crippen molar-refractivity contribution in [1.82, 2.24) is 30.2 Å². The van der Waals surface area contributed by atoms with Gasteiger partial charge >= 0.3 is 5.97 Å². The van der Waals surface area contributed by atoms with Crippen LogP contribution in [-0.2, 0) is 28.9 Å². The van der Waals surface area contributed by atoms with Crippen molar-refractivity contribution in [2.45, 2.75) is 51.4 Å². The van der Waals surface area contributed by atoms with Gasteiger partial charge in [0.05, 0.1) is 5.69 Å². The Balaban J connectivity index is 1.24. The van der Waals surface area contributed by atoms with Crippen LogP contribution in [0.5, 0.6) is 0 Å². The molecule has 9 nitrogen and oxygen atoms in total. The molecule has 0 aliphatic heterocycles. The molecule has 0 amide bonds. The number of ether oxygens (including phenoxy) is 1. The molecule has 0 atom stereocenters. The Labute approximate surface area is 303 Å². The van der Waals surface area contributed by atoms with Gasteiger partial charge in [0.1, 0.15) is 23.6 Å². The number of hydrogen-bond acceptors (Lipinski definition) is 7. The summed E-state index contributed by atoms with van der Waals surface area (Å²) in [5, 5.41) is 24.3. The van der Waals surface area contributed by atoms with E-state index in [1.54, 1.807) is 13.8 Å². The second-order valence-electron chi connectivity index (χ2n) is 13.3. The summed E-state index contributed by atoms with van der Waals surface area (Å²) in [6, 6.07) is 46.9. The molecule has 2 heterocycles. The largest absolute Gasteiger partial charge is 0.456 e. The number of hydrogen-bond donors (Lipinski definition) is 2. The van der Waals surface area contributed by atoms with Gasteiger partial charge in [-0.1, -0.05) is 146 Å². The highest BCUT2D eigenvalue weighted by Gasteiger charge is 2.42. The second kappa shape index (κ2) is 14.6. The lowest BCUT2D eigenvalue weighted by molar-refractivity contribution is 0.0428. The Morgan fingerprint density at radius 3 is 1.83 bits per heavy atom. The SMILES string of the molecule is CCCc1nc(C(=O)OCc2ccc(-c3ccccc3-c3nnnn3C(c3ccccc3)(c3ccccc3)c3ccccc3)cc2)c(C(C)(C)O)[nH]1. The van der Waals surface area contributed by atoms with Gasteiger partial charge in [-0.2, -0.15) is 0 Å². The first-order valence-electron chi connectivity index (χ1n) is 17.4. The van der Waals surface area contributed by atoms with Crippen LogP contribution in [0.4, 0.5) is 0 Å². The smallest absolute Gasteiger partial charge is 0.359 e. The molecule has 0 fully saturated rings. The molecule has 0 saturated carbocycles. The van der Waals surface area contributed by atoms with Gasteiger partial charge in [0.15, 0.2) is 11.5 Å². The predicted molar refractivity (Wildman–Crippen MR) is 200 cm³/mol. The Morgan fingerprint density at radius 2 is 1.29 bits per heavy atom. The molecule has 0 aliphatic carbocycles. The van der Waals surface area contributed by atoms with Crippen LogP contribution in [0.25, 0.3) is 22.5 Å². The van der Waals surface area contributed by atoms with Gasteiger partial charge in [-0.3, -0.25) is 0 Å². The average molecular weight is 689 g/mol. The molecule has 260 valence electrons.